The maximum atomic E-state index is 8.04. The number of hydrogen-bond donors (Lipinski definition) is 0. The molecule has 0 aliphatic rings. The average Bonchev–Trinajstić information content (AvgIpc) is 2.21. The summed E-state index contributed by atoms with van der Waals surface area (Å²) in [5.74, 6) is 0. The largest absolute Gasteiger partial charge is 0.103 e. The Hall–Kier alpha value is -0.950. The third-order valence-electron chi connectivity index (χ3n) is 2.23. The van der Waals surface area contributed by atoms with Crippen LogP contribution in [0.2, 0.25) is 0 Å². The van der Waals surface area contributed by atoms with Gasteiger partial charge in [-0.3, -0.25) is 0 Å². The van der Waals surface area contributed by atoms with E-state index in [0.29, 0.717) is 6.54 Å². The van der Waals surface area contributed by atoms with Gasteiger partial charge in [-0.2, -0.15) is 0 Å². The molecule has 0 aliphatic heterocycles. The number of hydrogen-bond acceptors (Lipinski definition) is 1. The van der Waals surface area contributed by atoms with Gasteiger partial charge >= 0.3 is 0 Å². The highest BCUT2D eigenvalue weighted by Gasteiger charge is 1.90. The summed E-state index contributed by atoms with van der Waals surface area (Å²) in [5, 5.41) is 3.50. The van der Waals surface area contributed by atoms with Crippen LogP contribution in [0.1, 0.15) is 51.4 Å². The quantitative estimate of drug-likeness (QED) is 0.161. The third kappa shape index (κ3) is 11.1. The van der Waals surface area contributed by atoms with Gasteiger partial charge < -0.3 is 0 Å². The van der Waals surface area contributed by atoms with Crippen LogP contribution < -0.4 is 0 Å². The highest BCUT2D eigenvalue weighted by molar-refractivity contribution is 4.65. The van der Waals surface area contributed by atoms with Crippen LogP contribution in [0.3, 0.4) is 0 Å². The summed E-state index contributed by atoms with van der Waals surface area (Å²) in [6.07, 6.45) is 11.9. The van der Waals surface area contributed by atoms with Crippen molar-refractivity contribution in [1.29, 1.82) is 0 Å². The van der Waals surface area contributed by atoms with Crippen molar-refractivity contribution < 1.29 is 0 Å². The van der Waals surface area contributed by atoms with Crippen LogP contribution in [0.25, 0.3) is 10.4 Å². The van der Waals surface area contributed by atoms with Gasteiger partial charge in [-0.05, 0) is 24.8 Å². The van der Waals surface area contributed by atoms with Gasteiger partial charge in [0.1, 0.15) is 0 Å². The first kappa shape index (κ1) is 13.1. The van der Waals surface area contributed by atoms with Crippen molar-refractivity contribution in [3.05, 3.63) is 23.1 Å². The minimum atomic E-state index is 0.660. The molecule has 0 aromatic heterocycles. The van der Waals surface area contributed by atoms with Gasteiger partial charge in [-0.15, -0.1) is 6.58 Å². The SMILES string of the molecule is C=CCCCCCCCCCN=[N+]=[N-]. The molecule has 0 rings (SSSR count). The van der Waals surface area contributed by atoms with Gasteiger partial charge in [0.05, 0.1) is 0 Å². The highest BCUT2D eigenvalue weighted by Crippen LogP contribution is 2.08. The Morgan fingerprint density at radius 3 is 2.14 bits per heavy atom. The Labute approximate surface area is 86.8 Å². The lowest BCUT2D eigenvalue weighted by molar-refractivity contribution is 0.584. The fourth-order valence-corrected chi connectivity index (χ4v) is 1.40. The summed E-state index contributed by atoms with van der Waals surface area (Å²) in [6, 6.07) is 0. The summed E-state index contributed by atoms with van der Waals surface area (Å²) in [5.41, 5.74) is 8.04. The summed E-state index contributed by atoms with van der Waals surface area (Å²) in [4.78, 5) is 2.72. The summed E-state index contributed by atoms with van der Waals surface area (Å²) in [6.45, 7) is 4.36. The standard InChI is InChI=1S/C11H21N3/c1-2-3-4-5-6-7-8-9-10-11-13-14-12/h2H,1,3-11H2. The zero-order valence-electron chi connectivity index (χ0n) is 8.99. The van der Waals surface area contributed by atoms with E-state index >= 15 is 0 Å². The molecule has 0 aliphatic carbocycles. The molecule has 0 aromatic carbocycles. The van der Waals surface area contributed by atoms with Crippen LogP contribution in [0.15, 0.2) is 17.8 Å². The lowest BCUT2D eigenvalue weighted by atomic mass is 10.1. The topological polar surface area (TPSA) is 48.8 Å². The number of rotatable bonds is 10. The van der Waals surface area contributed by atoms with E-state index in [2.05, 4.69) is 16.6 Å². The molecule has 0 unspecified atom stereocenters. The molecule has 3 nitrogen and oxygen atoms in total. The van der Waals surface area contributed by atoms with Crippen molar-refractivity contribution in [3.63, 3.8) is 0 Å². The maximum absolute atomic E-state index is 8.04. The smallest absolute Gasteiger partial charge is 0.0257 e. The van der Waals surface area contributed by atoms with Crippen LogP contribution in [-0.2, 0) is 0 Å². The molecule has 0 atom stereocenters. The number of allylic oxidation sites excluding steroid dienone is 1. The van der Waals surface area contributed by atoms with E-state index in [1.807, 2.05) is 6.08 Å². The monoisotopic (exact) mass is 195 g/mol. The fourth-order valence-electron chi connectivity index (χ4n) is 1.40. The zero-order chi connectivity index (χ0) is 10.5. The Morgan fingerprint density at radius 1 is 1.00 bits per heavy atom. The van der Waals surface area contributed by atoms with E-state index in [-0.39, 0.29) is 0 Å². The molecule has 3 heteroatoms. The molecule has 0 heterocycles. The van der Waals surface area contributed by atoms with Gasteiger partial charge in [0.25, 0.3) is 0 Å². The molecule has 0 amide bonds. The van der Waals surface area contributed by atoms with E-state index in [1.165, 1.54) is 38.5 Å². The Morgan fingerprint density at radius 2 is 1.57 bits per heavy atom. The predicted molar refractivity (Wildman–Crippen MR) is 61.1 cm³/mol. The summed E-state index contributed by atoms with van der Waals surface area (Å²) >= 11 is 0. The molecule has 80 valence electrons. The van der Waals surface area contributed by atoms with E-state index in [1.54, 1.807) is 0 Å². The molecule has 0 aromatic rings. The molecule has 0 radical (unpaired) electrons. The van der Waals surface area contributed by atoms with Gasteiger partial charge in [0.2, 0.25) is 0 Å². The Bertz CT molecular complexity index is 171. The molecular formula is C11H21N3. The average molecular weight is 195 g/mol. The van der Waals surface area contributed by atoms with Crippen LogP contribution in [0.4, 0.5) is 0 Å². The first-order valence-corrected chi connectivity index (χ1v) is 5.53. The van der Waals surface area contributed by atoms with Gasteiger partial charge in [0, 0.05) is 11.5 Å². The van der Waals surface area contributed by atoms with Crippen LogP contribution in [0, 0.1) is 0 Å². The third-order valence-corrected chi connectivity index (χ3v) is 2.23. The van der Waals surface area contributed by atoms with Crippen molar-refractivity contribution in [1.82, 2.24) is 0 Å². The minimum absolute atomic E-state index is 0.660. The van der Waals surface area contributed by atoms with Gasteiger partial charge in [-0.25, -0.2) is 0 Å². The number of azide groups is 1. The molecule has 0 saturated heterocycles. The van der Waals surface area contributed by atoms with Crippen LogP contribution >= 0.6 is 0 Å². The highest BCUT2D eigenvalue weighted by atomic mass is 15.1. The second kappa shape index (κ2) is 12.0. The van der Waals surface area contributed by atoms with Crippen molar-refractivity contribution in [3.8, 4) is 0 Å². The lowest BCUT2D eigenvalue weighted by Crippen LogP contribution is -1.82. The van der Waals surface area contributed by atoms with Crippen molar-refractivity contribution in [2.24, 2.45) is 5.11 Å². The predicted octanol–water partition coefficient (Wildman–Crippen LogP) is 4.60. The molecular weight excluding hydrogens is 174 g/mol. The first-order chi connectivity index (χ1) is 6.91. The fraction of sp³-hybridized carbons (Fsp3) is 0.818. The number of nitrogens with zero attached hydrogens (tertiary/aromatic N) is 3. The first-order valence-electron chi connectivity index (χ1n) is 5.53. The van der Waals surface area contributed by atoms with Crippen molar-refractivity contribution >= 4 is 0 Å². The summed E-state index contributed by atoms with van der Waals surface area (Å²) in [7, 11) is 0. The molecule has 0 fully saturated rings. The molecule has 0 bridgehead atoms. The van der Waals surface area contributed by atoms with E-state index in [0.717, 1.165) is 12.8 Å². The van der Waals surface area contributed by atoms with Gasteiger partial charge in [-0.1, -0.05) is 43.3 Å². The van der Waals surface area contributed by atoms with Crippen molar-refractivity contribution in [2.45, 2.75) is 51.4 Å². The summed E-state index contributed by atoms with van der Waals surface area (Å²) < 4.78 is 0. The number of unbranched alkanes of at least 4 members (excludes halogenated alkanes) is 7. The normalized spacial score (nSPS) is 9.43. The second-order valence-electron chi connectivity index (χ2n) is 3.51. The second-order valence-corrected chi connectivity index (χ2v) is 3.51. The van der Waals surface area contributed by atoms with E-state index < -0.39 is 0 Å². The lowest BCUT2D eigenvalue weighted by Gasteiger charge is -1.99. The van der Waals surface area contributed by atoms with E-state index in [4.69, 9.17) is 5.53 Å². The molecule has 0 saturated carbocycles. The zero-order valence-corrected chi connectivity index (χ0v) is 8.99. The molecule has 0 spiro atoms. The molecule has 14 heavy (non-hydrogen) atoms. The minimum Gasteiger partial charge on any atom is -0.103 e. The maximum Gasteiger partial charge on any atom is 0.0257 e. The van der Waals surface area contributed by atoms with Crippen LogP contribution in [0.5, 0.6) is 0 Å². The van der Waals surface area contributed by atoms with Crippen molar-refractivity contribution in [2.75, 3.05) is 6.54 Å². The Kier molecular flexibility index (Phi) is 11.2. The van der Waals surface area contributed by atoms with Crippen LogP contribution in [-0.4, -0.2) is 6.54 Å². The van der Waals surface area contributed by atoms with Gasteiger partial charge in [0.15, 0.2) is 0 Å². The molecule has 0 N–H and O–H groups in total. The van der Waals surface area contributed by atoms with E-state index in [9.17, 15) is 0 Å². The Balaban J connectivity index is 2.91.